The van der Waals surface area contributed by atoms with E-state index < -0.39 is 5.41 Å². The van der Waals surface area contributed by atoms with Crippen LogP contribution in [0, 0.1) is 11.3 Å². The largest absolute Gasteiger partial charge is 0.468 e. The Morgan fingerprint density at radius 1 is 1.57 bits per heavy atom. The molecule has 4 nitrogen and oxygen atoms in total. The molecule has 1 rings (SSSR count). The van der Waals surface area contributed by atoms with Crippen LogP contribution >= 0.6 is 0 Å². The van der Waals surface area contributed by atoms with Crippen molar-refractivity contribution in [2.75, 3.05) is 20.3 Å². The van der Waals surface area contributed by atoms with Gasteiger partial charge in [0.1, 0.15) is 5.41 Å². The number of hydrogen-bond acceptors (Lipinski definition) is 4. The van der Waals surface area contributed by atoms with Crippen molar-refractivity contribution >= 4 is 5.97 Å². The highest BCUT2D eigenvalue weighted by atomic mass is 16.5. The summed E-state index contributed by atoms with van der Waals surface area (Å²) in [6, 6.07) is -0.163. The van der Waals surface area contributed by atoms with Crippen molar-refractivity contribution in [3.63, 3.8) is 0 Å². The second-order valence-corrected chi connectivity index (χ2v) is 4.38. The molecule has 0 aromatic rings. The summed E-state index contributed by atoms with van der Waals surface area (Å²) in [5, 5.41) is 0. The van der Waals surface area contributed by atoms with Gasteiger partial charge in [-0.15, -0.1) is 0 Å². The maximum Gasteiger partial charge on any atom is 0.318 e. The van der Waals surface area contributed by atoms with Gasteiger partial charge in [0.25, 0.3) is 0 Å². The average molecular weight is 201 g/mol. The van der Waals surface area contributed by atoms with Crippen LogP contribution in [0.3, 0.4) is 0 Å². The Morgan fingerprint density at radius 2 is 2.14 bits per heavy atom. The lowest BCUT2D eigenvalue weighted by molar-refractivity contribution is -0.188. The molecule has 1 aliphatic rings. The van der Waals surface area contributed by atoms with Gasteiger partial charge in [0.15, 0.2) is 0 Å². The Balaban J connectivity index is 2.64. The van der Waals surface area contributed by atoms with Crippen LogP contribution in [0.2, 0.25) is 0 Å². The smallest absolute Gasteiger partial charge is 0.318 e. The summed E-state index contributed by atoms with van der Waals surface area (Å²) in [5.41, 5.74) is 5.43. The van der Waals surface area contributed by atoms with E-state index >= 15 is 0 Å². The van der Waals surface area contributed by atoms with E-state index in [9.17, 15) is 4.79 Å². The Kier molecular flexibility index (Phi) is 3.50. The predicted octanol–water partition coefficient (Wildman–Crippen LogP) is 0.549. The zero-order valence-electron chi connectivity index (χ0n) is 9.08. The summed E-state index contributed by atoms with van der Waals surface area (Å²) in [7, 11) is 1.39. The molecule has 0 bridgehead atoms. The minimum atomic E-state index is -0.584. The summed E-state index contributed by atoms with van der Waals surface area (Å²) in [6.45, 7) is 4.97. The lowest BCUT2D eigenvalue weighted by atomic mass is 9.75. The molecule has 0 spiro atoms. The van der Waals surface area contributed by atoms with Crippen LogP contribution in [0.25, 0.3) is 0 Å². The van der Waals surface area contributed by atoms with Crippen LogP contribution in [0.4, 0.5) is 0 Å². The number of rotatable bonds is 4. The van der Waals surface area contributed by atoms with Gasteiger partial charge in [-0.2, -0.15) is 0 Å². The van der Waals surface area contributed by atoms with E-state index in [0.717, 1.165) is 6.42 Å². The summed E-state index contributed by atoms with van der Waals surface area (Å²) in [5.74, 6) is 0.240. The van der Waals surface area contributed by atoms with E-state index in [1.165, 1.54) is 7.11 Å². The minimum absolute atomic E-state index is 0.163. The summed E-state index contributed by atoms with van der Waals surface area (Å²) < 4.78 is 9.84. The third-order valence-corrected chi connectivity index (χ3v) is 2.75. The zero-order valence-corrected chi connectivity index (χ0v) is 9.08. The maximum atomic E-state index is 11.6. The molecule has 4 heteroatoms. The van der Waals surface area contributed by atoms with Crippen LogP contribution in [0.1, 0.15) is 20.3 Å². The van der Waals surface area contributed by atoms with Gasteiger partial charge in [-0.3, -0.25) is 4.79 Å². The highest BCUT2D eigenvalue weighted by Crippen LogP contribution is 2.34. The quantitative estimate of drug-likeness (QED) is 0.675. The van der Waals surface area contributed by atoms with Gasteiger partial charge >= 0.3 is 5.97 Å². The molecular formula is C10H19NO3. The first kappa shape index (κ1) is 11.5. The number of carbonyl (C=O) groups excluding carboxylic acids is 1. The molecule has 0 aliphatic carbocycles. The highest BCUT2D eigenvalue weighted by Gasteiger charge is 2.51. The van der Waals surface area contributed by atoms with Crippen LogP contribution < -0.4 is 5.73 Å². The molecule has 82 valence electrons. The zero-order chi connectivity index (χ0) is 10.8. The van der Waals surface area contributed by atoms with Gasteiger partial charge in [-0.25, -0.2) is 0 Å². The van der Waals surface area contributed by atoms with Gasteiger partial charge in [0.2, 0.25) is 0 Å². The second-order valence-electron chi connectivity index (χ2n) is 4.38. The van der Waals surface area contributed by atoms with Gasteiger partial charge in [0.05, 0.1) is 20.3 Å². The van der Waals surface area contributed by atoms with E-state index in [1.54, 1.807) is 0 Å². The maximum absolute atomic E-state index is 11.6. The number of hydrogen-bond donors (Lipinski definition) is 1. The Bertz CT molecular complexity index is 211. The fourth-order valence-electron chi connectivity index (χ4n) is 1.74. The van der Waals surface area contributed by atoms with Crippen molar-refractivity contribution in [2.24, 2.45) is 17.1 Å². The van der Waals surface area contributed by atoms with E-state index in [1.807, 2.05) is 0 Å². The van der Waals surface area contributed by atoms with Crippen LogP contribution in [-0.4, -0.2) is 32.3 Å². The Hall–Kier alpha value is -0.610. The molecule has 14 heavy (non-hydrogen) atoms. The van der Waals surface area contributed by atoms with E-state index in [4.69, 9.17) is 15.2 Å². The third-order valence-electron chi connectivity index (χ3n) is 2.75. The molecular weight excluding hydrogens is 182 g/mol. The molecule has 1 unspecified atom stereocenters. The molecule has 1 saturated heterocycles. The lowest BCUT2D eigenvalue weighted by Crippen LogP contribution is -2.60. The monoisotopic (exact) mass is 201 g/mol. The van der Waals surface area contributed by atoms with Gasteiger partial charge in [-0.05, 0) is 12.3 Å². The molecule has 0 saturated carbocycles. The van der Waals surface area contributed by atoms with Gasteiger partial charge < -0.3 is 15.2 Å². The van der Waals surface area contributed by atoms with Crippen LogP contribution in [-0.2, 0) is 14.3 Å². The number of carbonyl (C=O) groups is 1. The molecule has 0 radical (unpaired) electrons. The number of methoxy groups -OCH3 is 1. The third kappa shape index (κ3) is 1.91. The summed E-state index contributed by atoms with van der Waals surface area (Å²) >= 11 is 0. The standard InChI is InChI=1S/C10H19NO3/c1-7(2)4-8(11)10(5-14-6-10)9(12)13-3/h7-8H,4-6,11H2,1-3H3. The predicted molar refractivity (Wildman–Crippen MR) is 52.7 cm³/mol. The first-order valence-corrected chi connectivity index (χ1v) is 4.94. The fraction of sp³-hybridized carbons (Fsp3) is 0.900. The average Bonchev–Trinajstić information content (AvgIpc) is 2.00. The molecule has 1 aliphatic heterocycles. The summed E-state index contributed by atoms with van der Waals surface area (Å²) in [6.07, 6.45) is 0.818. The molecule has 0 aromatic carbocycles. The van der Waals surface area contributed by atoms with Crippen molar-refractivity contribution in [3.05, 3.63) is 0 Å². The Labute approximate surface area is 84.7 Å². The van der Waals surface area contributed by atoms with Crippen molar-refractivity contribution in [3.8, 4) is 0 Å². The van der Waals surface area contributed by atoms with E-state index in [2.05, 4.69) is 13.8 Å². The van der Waals surface area contributed by atoms with Crippen LogP contribution in [0.15, 0.2) is 0 Å². The molecule has 0 aromatic heterocycles. The number of nitrogens with two attached hydrogens (primary N) is 1. The van der Waals surface area contributed by atoms with Crippen molar-refractivity contribution in [2.45, 2.75) is 26.3 Å². The number of ether oxygens (including phenoxy) is 2. The van der Waals surface area contributed by atoms with E-state index in [0.29, 0.717) is 19.1 Å². The fourth-order valence-corrected chi connectivity index (χ4v) is 1.74. The molecule has 1 atom stereocenters. The highest BCUT2D eigenvalue weighted by molar-refractivity contribution is 5.79. The van der Waals surface area contributed by atoms with Gasteiger partial charge in [0, 0.05) is 6.04 Å². The first-order valence-electron chi connectivity index (χ1n) is 4.94. The Morgan fingerprint density at radius 3 is 2.43 bits per heavy atom. The normalized spacial score (nSPS) is 21.5. The van der Waals surface area contributed by atoms with Crippen LogP contribution in [0.5, 0.6) is 0 Å². The van der Waals surface area contributed by atoms with E-state index in [-0.39, 0.29) is 12.0 Å². The second kappa shape index (κ2) is 4.28. The summed E-state index contributed by atoms with van der Waals surface area (Å²) in [4.78, 5) is 11.6. The first-order chi connectivity index (χ1) is 6.53. The van der Waals surface area contributed by atoms with Crippen molar-refractivity contribution in [1.82, 2.24) is 0 Å². The molecule has 1 heterocycles. The topological polar surface area (TPSA) is 61.5 Å². The number of esters is 1. The molecule has 1 fully saturated rings. The van der Waals surface area contributed by atoms with Crippen molar-refractivity contribution < 1.29 is 14.3 Å². The molecule has 0 amide bonds. The minimum Gasteiger partial charge on any atom is -0.468 e. The van der Waals surface area contributed by atoms with Gasteiger partial charge in [-0.1, -0.05) is 13.8 Å². The SMILES string of the molecule is COC(=O)C1(C(N)CC(C)C)COC1. The molecule has 2 N–H and O–H groups in total. The van der Waals surface area contributed by atoms with Crippen molar-refractivity contribution in [1.29, 1.82) is 0 Å². The lowest BCUT2D eigenvalue weighted by Gasteiger charge is -2.43.